The lowest BCUT2D eigenvalue weighted by Crippen LogP contribution is -2.27. The van der Waals surface area contributed by atoms with Gasteiger partial charge in [0, 0.05) is 29.4 Å². The molecule has 1 aliphatic rings. The number of nitrogens with zero attached hydrogens (tertiary/aromatic N) is 3. The summed E-state index contributed by atoms with van der Waals surface area (Å²) in [6.45, 7) is 0. The molecule has 0 aliphatic carbocycles. The predicted molar refractivity (Wildman–Crippen MR) is 109 cm³/mol. The van der Waals surface area contributed by atoms with Crippen molar-refractivity contribution in [3.8, 4) is 5.75 Å². The number of aromatic nitrogens is 1. The van der Waals surface area contributed by atoms with Gasteiger partial charge in [0.2, 0.25) is 0 Å². The van der Waals surface area contributed by atoms with Crippen LogP contribution in [0.15, 0.2) is 78.2 Å². The van der Waals surface area contributed by atoms with Crippen molar-refractivity contribution >= 4 is 23.2 Å². The van der Waals surface area contributed by atoms with E-state index >= 15 is 0 Å². The highest BCUT2D eigenvalue weighted by molar-refractivity contribution is 6.30. The molecular weight excluding hydrogens is 374 g/mol. The maximum atomic E-state index is 13.2. The molecule has 28 heavy (non-hydrogen) atoms. The Kier molecular flexibility index (Phi) is 5.08. The van der Waals surface area contributed by atoms with E-state index < -0.39 is 0 Å². The molecule has 2 aromatic carbocycles. The number of halogens is 1. The van der Waals surface area contributed by atoms with Gasteiger partial charge in [-0.2, -0.15) is 5.10 Å². The number of hydrogen-bond acceptors (Lipinski definition) is 4. The summed E-state index contributed by atoms with van der Waals surface area (Å²) in [6, 6.07) is 18.2. The summed E-state index contributed by atoms with van der Waals surface area (Å²) in [4.78, 5) is 17.2. The molecule has 0 spiro atoms. The van der Waals surface area contributed by atoms with E-state index in [9.17, 15) is 4.79 Å². The first-order valence-corrected chi connectivity index (χ1v) is 9.24. The molecule has 0 saturated carbocycles. The number of ether oxygens (including phenoxy) is 1. The molecule has 0 fully saturated rings. The molecule has 0 radical (unpaired) electrons. The average molecular weight is 392 g/mol. The minimum Gasteiger partial charge on any atom is -0.497 e. The lowest BCUT2D eigenvalue weighted by Gasteiger charge is -2.22. The highest BCUT2D eigenvalue weighted by Crippen LogP contribution is 2.34. The fourth-order valence-electron chi connectivity index (χ4n) is 3.23. The molecule has 6 heteroatoms. The first kappa shape index (κ1) is 18.2. The Balaban J connectivity index is 1.70. The second kappa shape index (κ2) is 7.82. The van der Waals surface area contributed by atoms with Gasteiger partial charge < -0.3 is 4.74 Å². The molecule has 1 amide bonds. The second-order valence-corrected chi connectivity index (χ2v) is 6.87. The lowest BCUT2D eigenvalue weighted by molar-refractivity contribution is 0.0711. The van der Waals surface area contributed by atoms with Gasteiger partial charge in [-0.1, -0.05) is 11.6 Å². The molecule has 0 saturated heterocycles. The molecule has 0 bridgehead atoms. The van der Waals surface area contributed by atoms with Gasteiger partial charge in [-0.05, 0) is 71.8 Å². The summed E-state index contributed by atoms with van der Waals surface area (Å²) in [5.41, 5.74) is 3.35. The molecule has 1 aromatic heterocycles. The number of carbonyl (C=O) groups excluding carboxylic acids is 1. The van der Waals surface area contributed by atoms with Gasteiger partial charge >= 0.3 is 0 Å². The summed E-state index contributed by atoms with van der Waals surface area (Å²) >= 11 is 5.96. The van der Waals surface area contributed by atoms with Crippen molar-refractivity contribution in [3.05, 3.63) is 94.8 Å². The van der Waals surface area contributed by atoms with E-state index in [1.54, 1.807) is 48.8 Å². The highest BCUT2D eigenvalue weighted by atomic mass is 35.5. The zero-order valence-corrected chi connectivity index (χ0v) is 16.0. The fourth-order valence-corrected chi connectivity index (χ4v) is 3.35. The summed E-state index contributed by atoms with van der Waals surface area (Å²) in [5.74, 6) is 0.615. The van der Waals surface area contributed by atoms with Crippen molar-refractivity contribution in [1.29, 1.82) is 0 Å². The molecule has 1 atom stereocenters. The van der Waals surface area contributed by atoms with Crippen molar-refractivity contribution < 1.29 is 9.53 Å². The SMILES string of the molecule is COc1ccc(C2=NN(C(=O)c3ccc(Cl)cc3)C(c3ccncc3)C2)cc1. The Bertz CT molecular complexity index is 1000. The maximum absolute atomic E-state index is 13.2. The van der Waals surface area contributed by atoms with E-state index in [0.717, 1.165) is 22.6 Å². The Labute approximate surface area is 168 Å². The van der Waals surface area contributed by atoms with Gasteiger partial charge in [0.15, 0.2) is 0 Å². The number of amides is 1. The molecule has 1 aliphatic heterocycles. The van der Waals surface area contributed by atoms with Crippen LogP contribution < -0.4 is 4.74 Å². The van der Waals surface area contributed by atoms with Crippen LogP contribution in [0.25, 0.3) is 0 Å². The van der Waals surface area contributed by atoms with Crippen LogP contribution in [0.3, 0.4) is 0 Å². The molecule has 140 valence electrons. The fraction of sp³-hybridized carbons (Fsp3) is 0.136. The molecule has 4 rings (SSSR count). The van der Waals surface area contributed by atoms with Crippen LogP contribution in [-0.2, 0) is 0 Å². The Morgan fingerprint density at radius 3 is 2.36 bits per heavy atom. The topological polar surface area (TPSA) is 54.8 Å². The van der Waals surface area contributed by atoms with Crippen LogP contribution in [0, 0.1) is 0 Å². The van der Waals surface area contributed by atoms with Gasteiger partial charge in [0.05, 0.1) is 18.9 Å². The number of hydrogen-bond donors (Lipinski definition) is 0. The summed E-state index contributed by atoms with van der Waals surface area (Å²) in [5, 5.41) is 6.82. The van der Waals surface area contributed by atoms with Crippen molar-refractivity contribution in [3.63, 3.8) is 0 Å². The van der Waals surface area contributed by atoms with Gasteiger partial charge in [-0.25, -0.2) is 5.01 Å². The average Bonchev–Trinajstić information content (AvgIpc) is 3.20. The molecule has 3 aromatic rings. The molecule has 2 heterocycles. The van der Waals surface area contributed by atoms with Crippen LogP contribution in [0.2, 0.25) is 5.02 Å². The van der Waals surface area contributed by atoms with Crippen LogP contribution in [0.4, 0.5) is 0 Å². The zero-order valence-electron chi connectivity index (χ0n) is 15.2. The Morgan fingerprint density at radius 1 is 1.04 bits per heavy atom. The second-order valence-electron chi connectivity index (χ2n) is 6.43. The Hall–Kier alpha value is -3.18. The standard InChI is InChI=1S/C22H18ClN3O2/c1-28-19-8-4-15(5-9-19)20-14-21(16-10-12-24-13-11-16)26(25-20)22(27)17-2-6-18(23)7-3-17/h2-13,21H,14H2,1H3. The third-order valence-corrected chi connectivity index (χ3v) is 4.98. The largest absolute Gasteiger partial charge is 0.497 e. The minimum atomic E-state index is -0.191. The van der Waals surface area contributed by atoms with Crippen molar-refractivity contribution in [2.45, 2.75) is 12.5 Å². The van der Waals surface area contributed by atoms with E-state index in [1.165, 1.54) is 0 Å². The normalized spacial score (nSPS) is 16.0. The number of rotatable bonds is 4. The van der Waals surface area contributed by atoms with Crippen molar-refractivity contribution in [1.82, 2.24) is 9.99 Å². The monoisotopic (exact) mass is 391 g/mol. The number of benzene rings is 2. The van der Waals surface area contributed by atoms with Gasteiger partial charge in [0.25, 0.3) is 5.91 Å². The van der Waals surface area contributed by atoms with Crippen LogP contribution in [0.5, 0.6) is 5.75 Å². The van der Waals surface area contributed by atoms with Gasteiger partial charge in [-0.15, -0.1) is 0 Å². The first-order chi connectivity index (χ1) is 13.7. The molecular formula is C22H18ClN3O2. The quantitative estimate of drug-likeness (QED) is 0.645. The third-order valence-electron chi connectivity index (χ3n) is 4.72. The van der Waals surface area contributed by atoms with E-state index in [2.05, 4.69) is 10.1 Å². The third kappa shape index (κ3) is 3.62. The molecule has 0 N–H and O–H groups in total. The summed E-state index contributed by atoms with van der Waals surface area (Å²) in [6.07, 6.45) is 4.08. The van der Waals surface area contributed by atoms with Crippen LogP contribution in [0.1, 0.15) is 33.9 Å². The smallest absolute Gasteiger partial charge is 0.274 e. The molecule has 5 nitrogen and oxygen atoms in total. The zero-order chi connectivity index (χ0) is 19.5. The van der Waals surface area contributed by atoms with E-state index in [-0.39, 0.29) is 11.9 Å². The van der Waals surface area contributed by atoms with E-state index in [1.807, 2.05) is 36.4 Å². The Morgan fingerprint density at radius 2 is 1.71 bits per heavy atom. The van der Waals surface area contributed by atoms with Crippen LogP contribution in [-0.4, -0.2) is 28.7 Å². The summed E-state index contributed by atoms with van der Waals surface area (Å²) in [7, 11) is 1.63. The summed E-state index contributed by atoms with van der Waals surface area (Å²) < 4.78 is 5.23. The molecule has 1 unspecified atom stereocenters. The lowest BCUT2D eigenvalue weighted by atomic mass is 9.99. The van der Waals surface area contributed by atoms with E-state index in [0.29, 0.717) is 17.0 Å². The number of carbonyl (C=O) groups is 1. The number of methoxy groups -OCH3 is 1. The van der Waals surface area contributed by atoms with Gasteiger partial charge in [0.1, 0.15) is 5.75 Å². The minimum absolute atomic E-state index is 0.165. The number of hydrazone groups is 1. The maximum Gasteiger partial charge on any atom is 0.274 e. The predicted octanol–water partition coefficient (Wildman–Crippen LogP) is 4.74. The number of pyridine rings is 1. The first-order valence-electron chi connectivity index (χ1n) is 8.86. The highest BCUT2D eigenvalue weighted by Gasteiger charge is 2.33. The van der Waals surface area contributed by atoms with Gasteiger partial charge in [-0.3, -0.25) is 9.78 Å². The van der Waals surface area contributed by atoms with Crippen molar-refractivity contribution in [2.24, 2.45) is 5.10 Å². The van der Waals surface area contributed by atoms with E-state index in [4.69, 9.17) is 16.3 Å². The van der Waals surface area contributed by atoms with Crippen LogP contribution >= 0.6 is 11.6 Å². The van der Waals surface area contributed by atoms with Crippen molar-refractivity contribution in [2.75, 3.05) is 7.11 Å².